The average Bonchev–Trinajstić information content (AvgIpc) is 2.96. The Hall–Kier alpha value is -1.93. The predicted octanol–water partition coefficient (Wildman–Crippen LogP) is 1.11. The van der Waals surface area contributed by atoms with Crippen LogP contribution in [0.25, 0.3) is 0 Å². The van der Waals surface area contributed by atoms with Gasteiger partial charge in [-0.25, -0.2) is 4.79 Å². The largest absolute Gasteiger partial charge is 0.480 e. The van der Waals surface area contributed by atoms with Crippen LogP contribution < -0.4 is 4.90 Å². The van der Waals surface area contributed by atoms with Crippen molar-refractivity contribution in [1.29, 1.82) is 0 Å². The zero-order valence-corrected chi connectivity index (χ0v) is 14.4. The summed E-state index contributed by atoms with van der Waals surface area (Å²) in [5, 5.41) is 9.26. The lowest BCUT2D eigenvalue weighted by atomic mass is 10.1. The number of para-hydroxylation sites is 1. The highest BCUT2D eigenvalue weighted by Gasteiger charge is 2.41. The van der Waals surface area contributed by atoms with E-state index in [1.54, 1.807) is 4.90 Å². The van der Waals surface area contributed by atoms with Crippen LogP contribution in [0.15, 0.2) is 28.7 Å². The number of carbonyl (C=O) groups excluding carboxylic acids is 2. The number of anilines is 1. The molecule has 2 amide bonds. The number of morpholine rings is 1. The molecule has 1 aromatic carbocycles. The van der Waals surface area contributed by atoms with Gasteiger partial charge in [-0.05, 0) is 28.1 Å². The molecular formula is C16H17BrN2O5. The highest BCUT2D eigenvalue weighted by atomic mass is 79.9. The fourth-order valence-electron chi connectivity index (χ4n) is 3.08. The third kappa shape index (κ3) is 3.16. The van der Waals surface area contributed by atoms with Crippen LogP contribution in [0.4, 0.5) is 5.69 Å². The summed E-state index contributed by atoms with van der Waals surface area (Å²) in [6.45, 7) is 0.777. The Morgan fingerprint density at radius 3 is 2.75 bits per heavy atom. The standard InChI is InChI=1S/C16H17BrN2O5/c17-11-3-1-2-4-12(11)19-8-10(7-14(19)20)15(21)18-5-6-24-9-13(18)16(22)23/h1-4,10,13H,5-9H2,(H,22,23). The first kappa shape index (κ1) is 16.9. The molecule has 0 aliphatic carbocycles. The minimum atomic E-state index is -1.09. The number of nitrogens with zero attached hydrogens (tertiary/aromatic N) is 2. The molecule has 3 rings (SSSR count). The minimum absolute atomic E-state index is 0.0182. The third-order valence-corrected chi connectivity index (χ3v) is 4.98. The smallest absolute Gasteiger partial charge is 0.328 e. The van der Waals surface area contributed by atoms with Crippen LogP contribution in [0.3, 0.4) is 0 Å². The summed E-state index contributed by atoms with van der Waals surface area (Å²) >= 11 is 3.41. The molecule has 0 bridgehead atoms. The zero-order valence-electron chi connectivity index (χ0n) is 12.9. The van der Waals surface area contributed by atoms with E-state index >= 15 is 0 Å². The molecule has 24 heavy (non-hydrogen) atoms. The molecule has 2 saturated heterocycles. The van der Waals surface area contributed by atoms with E-state index in [0.717, 1.165) is 10.2 Å². The predicted molar refractivity (Wildman–Crippen MR) is 88.6 cm³/mol. The van der Waals surface area contributed by atoms with Gasteiger partial charge in [-0.1, -0.05) is 12.1 Å². The summed E-state index contributed by atoms with van der Waals surface area (Å²) in [5.74, 6) is -2.06. The van der Waals surface area contributed by atoms with Gasteiger partial charge in [-0.15, -0.1) is 0 Å². The van der Waals surface area contributed by atoms with Crippen molar-refractivity contribution >= 4 is 39.4 Å². The summed E-state index contributed by atoms with van der Waals surface area (Å²) in [6.07, 6.45) is 0.0872. The molecule has 2 aliphatic heterocycles. The normalized spacial score (nSPS) is 24.3. The van der Waals surface area contributed by atoms with Crippen molar-refractivity contribution in [3.63, 3.8) is 0 Å². The molecule has 0 radical (unpaired) electrons. The van der Waals surface area contributed by atoms with E-state index in [4.69, 9.17) is 4.74 Å². The van der Waals surface area contributed by atoms with E-state index in [9.17, 15) is 19.5 Å². The fraction of sp³-hybridized carbons (Fsp3) is 0.438. The lowest BCUT2D eigenvalue weighted by molar-refractivity contribution is -0.160. The maximum absolute atomic E-state index is 12.7. The van der Waals surface area contributed by atoms with Crippen LogP contribution in [0.1, 0.15) is 6.42 Å². The van der Waals surface area contributed by atoms with Gasteiger partial charge in [0.1, 0.15) is 0 Å². The average molecular weight is 397 g/mol. The Labute approximate surface area is 147 Å². The molecule has 2 atom stereocenters. The second-order valence-electron chi connectivity index (χ2n) is 5.82. The highest BCUT2D eigenvalue weighted by molar-refractivity contribution is 9.10. The molecule has 0 aromatic heterocycles. The molecule has 128 valence electrons. The molecule has 2 unspecified atom stereocenters. The molecule has 0 saturated carbocycles. The van der Waals surface area contributed by atoms with Gasteiger partial charge in [0.25, 0.3) is 0 Å². The van der Waals surface area contributed by atoms with Gasteiger partial charge in [0.2, 0.25) is 11.8 Å². The van der Waals surface area contributed by atoms with E-state index in [1.807, 2.05) is 24.3 Å². The molecular weight excluding hydrogens is 380 g/mol. The molecule has 2 heterocycles. The van der Waals surface area contributed by atoms with Gasteiger partial charge in [0, 0.05) is 24.0 Å². The molecule has 1 aromatic rings. The number of ether oxygens (including phenoxy) is 1. The molecule has 2 fully saturated rings. The summed E-state index contributed by atoms with van der Waals surface area (Å²) in [7, 11) is 0. The molecule has 1 N–H and O–H groups in total. The van der Waals surface area contributed by atoms with Crippen molar-refractivity contribution < 1.29 is 24.2 Å². The maximum atomic E-state index is 12.7. The summed E-state index contributed by atoms with van der Waals surface area (Å²) in [5.41, 5.74) is 0.717. The molecule has 8 heteroatoms. The number of hydrogen-bond acceptors (Lipinski definition) is 4. The second-order valence-corrected chi connectivity index (χ2v) is 6.67. The van der Waals surface area contributed by atoms with Gasteiger partial charge in [-0.2, -0.15) is 0 Å². The highest BCUT2D eigenvalue weighted by Crippen LogP contribution is 2.32. The van der Waals surface area contributed by atoms with E-state index in [-0.39, 0.29) is 37.9 Å². The van der Waals surface area contributed by atoms with Crippen molar-refractivity contribution in [3.05, 3.63) is 28.7 Å². The lowest BCUT2D eigenvalue weighted by Gasteiger charge is -2.34. The van der Waals surface area contributed by atoms with Crippen LogP contribution >= 0.6 is 15.9 Å². The number of amides is 2. The summed E-state index contributed by atoms with van der Waals surface area (Å²) in [4.78, 5) is 39.3. The number of rotatable bonds is 3. The number of carboxylic acid groups (broad SMARTS) is 1. The van der Waals surface area contributed by atoms with Crippen molar-refractivity contribution in [2.24, 2.45) is 5.92 Å². The van der Waals surface area contributed by atoms with Gasteiger partial charge in [-0.3, -0.25) is 9.59 Å². The molecule has 7 nitrogen and oxygen atoms in total. The number of carbonyl (C=O) groups is 3. The maximum Gasteiger partial charge on any atom is 0.328 e. The Balaban J connectivity index is 1.76. The Morgan fingerprint density at radius 2 is 2.04 bits per heavy atom. The quantitative estimate of drug-likeness (QED) is 0.826. The zero-order chi connectivity index (χ0) is 17.3. The number of carboxylic acids is 1. The number of hydrogen-bond donors (Lipinski definition) is 1. The van der Waals surface area contributed by atoms with Gasteiger partial charge in [0.15, 0.2) is 6.04 Å². The van der Waals surface area contributed by atoms with E-state index < -0.39 is 17.9 Å². The van der Waals surface area contributed by atoms with Crippen molar-refractivity contribution in [3.8, 4) is 0 Å². The number of halogens is 1. The number of aliphatic carboxylic acids is 1. The van der Waals surface area contributed by atoms with E-state index in [0.29, 0.717) is 6.61 Å². The Kier molecular flexibility index (Phi) is 4.86. The first-order chi connectivity index (χ1) is 11.5. The van der Waals surface area contributed by atoms with Gasteiger partial charge < -0.3 is 19.6 Å². The number of benzene rings is 1. The van der Waals surface area contributed by atoms with Crippen molar-refractivity contribution in [1.82, 2.24) is 4.90 Å². The van der Waals surface area contributed by atoms with Crippen LogP contribution in [-0.2, 0) is 19.1 Å². The van der Waals surface area contributed by atoms with Gasteiger partial charge >= 0.3 is 5.97 Å². The summed E-state index contributed by atoms with van der Waals surface area (Å²) in [6, 6.07) is 6.33. The fourth-order valence-corrected chi connectivity index (χ4v) is 3.58. The van der Waals surface area contributed by atoms with Crippen molar-refractivity contribution in [2.75, 3.05) is 31.2 Å². The molecule has 0 spiro atoms. The topological polar surface area (TPSA) is 87.1 Å². The molecule has 2 aliphatic rings. The van der Waals surface area contributed by atoms with Crippen LogP contribution in [-0.4, -0.2) is 60.1 Å². The summed E-state index contributed by atoms with van der Waals surface area (Å²) < 4.78 is 5.93. The first-order valence-electron chi connectivity index (χ1n) is 7.65. The third-order valence-electron chi connectivity index (χ3n) is 4.31. The van der Waals surface area contributed by atoms with Crippen LogP contribution in [0.5, 0.6) is 0 Å². The Morgan fingerprint density at radius 1 is 1.29 bits per heavy atom. The van der Waals surface area contributed by atoms with E-state index in [1.165, 1.54) is 4.90 Å². The second kappa shape index (κ2) is 6.90. The van der Waals surface area contributed by atoms with Crippen LogP contribution in [0.2, 0.25) is 0 Å². The Bertz CT molecular complexity index is 680. The first-order valence-corrected chi connectivity index (χ1v) is 8.44. The van der Waals surface area contributed by atoms with Gasteiger partial charge in [0.05, 0.1) is 24.8 Å². The minimum Gasteiger partial charge on any atom is -0.480 e. The van der Waals surface area contributed by atoms with Crippen molar-refractivity contribution in [2.45, 2.75) is 12.5 Å². The van der Waals surface area contributed by atoms with E-state index in [2.05, 4.69) is 15.9 Å². The monoisotopic (exact) mass is 396 g/mol. The van der Waals surface area contributed by atoms with Crippen LogP contribution in [0, 0.1) is 5.92 Å². The SMILES string of the molecule is O=C(O)C1COCCN1C(=O)C1CC(=O)N(c2ccccc2Br)C1. The lowest BCUT2D eigenvalue weighted by Crippen LogP contribution is -2.54.